The van der Waals surface area contributed by atoms with Crippen molar-refractivity contribution in [1.29, 1.82) is 0 Å². The maximum Gasteiger partial charge on any atom is 0.176 e. The third-order valence-corrected chi connectivity index (χ3v) is 8.90. The Morgan fingerprint density at radius 3 is 2.07 bits per heavy atom. The number of hydrogen-bond acceptors (Lipinski definition) is 4. The maximum atomic E-state index is 13.5. The van der Waals surface area contributed by atoms with Gasteiger partial charge in [0.25, 0.3) is 0 Å². The van der Waals surface area contributed by atoms with Gasteiger partial charge in [-0.25, -0.2) is 4.39 Å². The Morgan fingerprint density at radius 1 is 0.750 bits per heavy atom. The van der Waals surface area contributed by atoms with Gasteiger partial charge in [0, 0.05) is 18.3 Å². The van der Waals surface area contributed by atoms with Gasteiger partial charge in [0.15, 0.2) is 5.11 Å². The van der Waals surface area contributed by atoms with E-state index in [1.54, 1.807) is 36.4 Å². The summed E-state index contributed by atoms with van der Waals surface area (Å²) in [6, 6.07) is 36.3. The fourth-order valence-corrected chi connectivity index (χ4v) is 6.42. The Balaban J connectivity index is 1.36. The summed E-state index contributed by atoms with van der Waals surface area (Å²) in [7, 11) is 1.95. The first-order valence-electron chi connectivity index (χ1n) is 14.6. The van der Waals surface area contributed by atoms with Crippen molar-refractivity contribution in [3.63, 3.8) is 0 Å². The first-order chi connectivity index (χ1) is 21.3. The van der Waals surface area contributed by atoms with E-state index >= 15 is 0 Å². The largest absolute Gasteiger partial charge is 0.508 e. The SMILES string of the molecule is CN1C(=S)N(c2ccc(-c3ccccc3)cc2)C(c2ccc(-c3cccc(O)c3)cc2O)C1CCC(O)c1ccc(F)cc1. The number of benzene rings is 5. The molecule has 5 aromatic rings. The first-order valence-corrected chi connectivity index (χ1v) is 15.0. The first kappa shape index (κ1) is 29.4. The quantitative estimate of drug-likeness (QED) is 0.155. The lowest BCUT2D eigenvalue weighted by Gasteiger charge is -2.30. The van der Waals surface area contributed by atoms with E-state index in [9.17, 15) is 19.7 Å². The highest BCUT2D eigenvalue weighted by molar-refractivity contribution is 7.80. The van der Waals surface area contributed by atoms with E-state index in [1.165, 1.54) is 12.1 Å². The van der Waals surface area contributed by atoms with Crippen LogP contribution in [0.25, 0.3) is 22.3 Å². The van der Waals surface area contributed by atoms with Crippen LogP contribution in [0.5, 0.6) is 11.5 Å². The Morgan fingerprint density at radius 2 is 1.39 bits per heavy atom. The van der Waals surface area contributed by atoms with Gasteiger partial charge >= 0.3 is 0 Å². The molecule has 0 saturated carbocycles. The minimum atomic E-state index is -0.779. The van der Waals surface area contributed by atoms with Crippen molar-refractivity contribution in [1.82, 2.24) is 4.90 Å². The van der Waals surface area contributed by atoms with E-state index < -0.39 is 6.10 Å². The number of aliphatic hydroxyl groups excluding tert-OH is 1. The van der Waals surface area contributed by atoms with Crippen LogP contribution in [0, 0.1) is 5.82 Å². The lowest BCUT2D eigenvalue weighted by atomic mass is 9.91. The van der Waals surface area contributed by atoms with E-state index in [0.717, 1.165) is 27.9 Å². The van der Waals surface area contributed by atoms with Crippen molar-refractivity contribution in [3.05, 3.63) is 138 Å². The van der Waals surface area contributed by atoms with Crippen LogP contribution >= 0.6 is 12.2 Å². The molecule has 44 heavy (non-hydrogen) atoms. The molecule has 0 radical (unpaired) electrons. The summed E-state index contributed by atoms with van der Waals surface area (Å²) in [4.78, 5) is 4.10. The summed E-state index contributed by atoms with van der Waals surface area (Å²) < 4.78 is 13.5. The number of phenols is 2. The minimum absolute atomic E-state index is 0.115. The smallest absolute Gasteiger partial charge is 0.176 e. The molecule has 1 aliphatic rings. The zero-order chi connectivity index (χ0) is 30.8. The van der Waals surface area contributed by atoms with Crippen molar-refractivity contribution in [3.8, 4) is 33.8 Å². The van der Waals surface area contributed by atoms with Crippen molar-refractivity contribution < 1.29 is 19.7 Å². The third-order valence-electron chi connectivity index (χ3n) is 8.42. The zero-order valence-electron chi connectivity index (χ0n) is 24.2. The highest BCUT2D eigenvalue weighted by Gasteiger charge is 2.44. The molecule has 6 rings (SSSR count). The summed E-state index contributed by atoms with van der Waals surface area (Å²) in [5.74, 6) is -0.0804. The molecule has 3 N–H and O–H groups in total. The van der Waals surface area contributed by atoms with E-state index in [-0.39, 0.29) is 29.4 Å². The molecule has 222 valence electrons. The Kier molecular flexibility index (Phi) is 8.33. The summed E-state index contributed by atoms with van der Waals surface area (Å²) in [5, 5.41) is 33.1. The molecule has 5 nitrogen and oxygen atoms in total. The average molecular weight is 605 g/mol. The third kappa shape index (κ3) is 5.89. The van der Waals surface area contributed by atoms with Crippen molar-refractivity contribution in [2.45, 2.75) is 31.0 Å². The van der Waals surface area contributed by atoms with Crippen molar-refractivity contribution in [2.24, 2.45) is 0 Å². The number of nitrogens with zero attached hydrogens (tertiary/aromatic N) is 2. The van der Waals surface area contributed by atoms with Gasteiger partial charge in [0.1, 0.15) is 17.3 Å². The second-order valence-electron chi connectivity index (χ2n) is 11.2. The standard InChI is InChI=1S/C37H33FN2O3S/c1-39-33(20-21-34(42)26-10-15-29(38)16-11-26)36(32-19-14-28(23-35(32)43)27-8-5-9-31(41)22-27)40(37(39)44)30-17-12-25(13-18-30)24-6-3-2-4-7-24/h2-19,22-23,33-34,36,41-43H,20-21H2,1H3. The van der Waals surface area contributed by atoms with Crippen LogP contribution in [0.3, 0.4) is 0 Å². The lowest BCUT2D eigenvalue weighted by Crippen LogP contribution is -2.31. The molecule has 0 aromatic heterocycles. The molecular formula is C37H33FN2O3S. The number of halogens is 1. The topological polar surface area (TPSA) is 67.2 Å². The summed E-state index contributed by atoms with van der Waals surface area (Å²) in [6.45, 7) is 0. The molecule has 7 heteroatoms. The van der Waals surface area contributed by atoms with Crippen molar-refractivity contribution in [2.75, 3.05) is 11.9 Å². The molecule has 1 aliphatic heterocycles. The monoisotopic (exact) mass is 604 g/mol. The van der Waals surface area contributed by atoms with E-state index in [1.807, 2.05) is 60.5 Å². The highest BCUT2D eigenvalue weighted by Crippen LogP contribution is 2.45. The fourth-order valence-electron chi connectivity index (χ4n) is 6.07. The van der Waals surface area contributed by atoms with Gasteiger partial charge in [-0.3, -0.25) is 0 Å². The number of anilines is 1. The Bertz CT molecular complexity index is 1760. The van der Waals surface area contributed by atoms with Crippen LogP contribution in [0.1, 0.15) is 36.1 Å². The van der Waals surface area contributed by atoms with Crippen LogP contribution in [0.4, 0.5) is 10.1 Å². The highest BCUT2D eigenvalue weighted by atomic mass is 32.1. The van der Waals surface area contributed by atoms with E-state index in [2.05, 4.69) is 29.2 Å². The molecule has 0 aliphatic carbocycles. The number of phenolic OH excluding ortho intramolecular Hbond substituents is 2. The summed E-state index contributed by atoms with van der Waals surface area (Å²) in [5.41, 5.74) is 6.01. The number of hydrogen-bond donors (Lipinski definition) is 3. The van der Waals surface area contributed by atoms with Crippen LogP contribution in [-0.4, -0.2) is 38.4 Å². The molecule has 1 fully saturated rings. The number of aliphatic hydroxyl groups is 1. The van der Waals surface area contributed by atoms with Gasteiger partial charge in [-0.15, -0.1) is 0 Å². The van der Waals surface area contributed by atoms with Crippen LogP contribution in [0.15, 0.2) is 121 Å². The maximum absolute atomic E-state index is 13.5. The number of rotatable bonds is 8. The molecule has 3 atom stereocenters. The zero-order valence-corrected chi connectivity index (χ0v) is 25.0. The van der Waals surface area contributed by atoms with Gasteiger partial charge in [0.2, 0.25) is 0 Å². The van der Waals surface area contributed by atoms with Crippen LogP contribution in [-0.2, 0) is 0 Å². The summed E-state index contributed by atoms with van der Waals surface area (Å²) >= 11 is 6.01. The van der Waals surface area contributed by atoms with Crippen molar-refractivity contribution >= 4 is 23.0 Å². The molecule has 0 spiro atoms. The molecule has 1 heterocycles. The number of aromatic hydroxyl groups is 2. The predicted molar refractivity (Wildman–Crippen MR) is 177 cm³/mol. The van der Waals surface area contributed by atoms with Gasteiger partial charge in [0.05, 0.1) is 18.2 Å². The van der Waals surface area contributed by atoms with Gasteiger partial charge < -0.3 is 25.1 Å². The minimum Gasteiger partial charge on any atom is -0.508 e. The Labute approximate surface area is 262 Å². The Hall–Kier alpha value is -4.72. The molecular weight excluding hydrogens is 571 g/mol. The molecule has 3 unspecified atom stereocenters. The molecule has 0 amide bonds. The normalized spacial score (nSPS) is 17.2. The van der Waals surface area contributed by atoms with Gasteiger partial charge in [-0.1, -0.05) is 78.9 Å². The number of likely N-dealkylation sites (N-methyl/N-ethyl adjacent to an activating group) is 1. The van der Waals surface area contributed by atoms with Gasteiger partial charge in [-0.2, -0.15) is 0 Å². The molecule has 5 aromatic carbocycles. The summed E-state index contributed by atoms with van der Waals surface area (Å²) in [6.07, 6.45) is 0.202. The average Bonchev–Trinajstić information content (AvgIpc) is 3.29. The van der Waals surface area contributed by atoms with E-state index in [0.29, 0.717) is 29.1 Å². The molecule has 0 bridgehead atoms. The van der Waals surface area contributed by atoms with Crippen LogP contribution < -0.4 is 4.90 Å². The number of thiocarbonyl (C=S) groups is 1. The second kappa shape index (κ2) is 12.5. The van der Waals surface area contributed by atoms with E-state index in [4.69, 9.17) is 12.2 Å². The fraction of sp³-hybridized carbons (Fsp3) is 0.162. The van der Waals surface area contributed by atoms with Gasteiger partial charge in [-0.05, 0) is 95.3 Å². The lowest BCUT2D eigenvalue weighted by molar-refractivity contribution is 0.152. The second-order valence-corrected chi connectivity index (χ2v) is 11.5. The molecule has 1 saturated heterocycles. The predicted octanol–water partition coefficient (Wildman–Crippen LogP) is 8.23. The van der Waals surface area contributed by atoms with Crippen LogP contribution in [0.2, 0.25) is 0 Å².